The molecule has 0 aliphatic carbocycles. The van der Waals surface area contributed by atoms with Crippen molar-refractivity contribution < 1.29 is 14.3 Å². The van der Waals surface area contributed by atoms with Crippen molar-refractivity contribution in [2.75, 3.05) is 25.6 Å². The molecule has 7 nitrogen and oxygen atoms in total. The van der Waals surface area contributed by atoms with E-state index < -0.39 is 0 Å². The van der Waals surface area contributed by atoms with E-state index in [2.05, 4.69) is 15.6 Å². The maximum atomic E-state index is 12.8. The first kappa shape index (κ1) is 18.6. The van der Waals surface area contributed by atoms with E-state index in [0.29, 0.717) is 24.4 Å². The first-order valence-electron chi connectivity index (χ1n) is 8.63. The highest BCUT2D eigenvalue weighted by Crippen LogP contribution is 2.17. The number of carbonyl (C=O) groups is 2. The van der Waals surface area contributed by atoms with Gasteiger partial charge in [-0.25, -0.2) is 4.98 Å². The molecule has 1 aromatic carbocycles. The van der Waals surface area contributed by atoms with Gasteiger partial charge in [0.05, 0.1) is 12.1 Å². The number of anilines is 1. The molecule has 7 heteroatoms. The summed E-state index contributed by atoms with van der Waals surface area (Å²) in [6.45, 7) is 4.70. The molecule has 0 radical (unpaired) electrons. The predicted molar refractivity (Wildman–Crippen MR) is 103 cm³/mol. The second-order valence-corrected chi connectivity index (χ2v) is 6.32. The van der Waals surface area contributed by atoms with E-state index in [1.807, 2.05) is 32.0 Å². The first-order chi connectivity index (χ1) is 13.0. The average Bonchev–Trinajstić information content (AvgIpc) is 3.01. The summed E-state index contributed by atoms with van der Waals surface area (Å²) in [5.41, 5.74) is 3.57. The third-order valence-corrected chi connectivity index (χ3v) is 4.04. The van der Waals surface area contributed by atoms with E-state index in [1.165, 1.54) is 0 Å². The number of pyridine rings is 1. The monoisotopic (exact) mass is 366 g/mol. The number of hydrogen-bond donors (Lipinski definition) is 2. The summed E-state index contributed by atoms with van der Waals surface area (Å²) in [6, 6.07) is 11.1. The molecule has 3 rings (SSSR count). The fraction of sp³-hybridized carbons (Fsp3) is 0.250. The highest BCUT2D eigenvalue weighted by atomic mass is 16.5. The smallest absolute Gasteiger partial charge is 0.292 e. The lowest BCUT2D eigenvalue weighted by Crippen LogP contribution is -2.27. The zero-order valence-electron chi connectivity index (χ0n) is 15.6. The second-order valence-electron chi connectivity index (χ2n) is 6.32. The molecule has 0 unspecified atom stereocenters. The van der Waals surface area contributed by atoms with Gasteiger partial charge >= 0.3 is 0 Å². The molecule has 0 atom stereocenters. The predicted octanol–water partition coefficient (Wildman–Crippen LogP) is 2.58. The minimum atomic E-state index is -0.378. The Morgan fingerprint density at radius 2 is 1.85 bits per heavy atom. The number of fused-ring (bicyclic) bond motifs is 1. The molecule has 0 bridgehead atoms. The Bertz CT molecular complexity index is 974. The van der Waals surface area contributed by atoms with Crippen molar-refractivity contribution >= 4 is 23.0 Å². The van der Waals surface area contributed by atoms with Gasteiger partial charge in [-0.1, -0.05) is 12.1 Å². The summed E-state index contributed by atoms with van der Waals surface area (Å²) >= 11 is 0. The number of rotatable bonds is 6. The van der Waals surface area contributed by atoms with Crippen LogP contribution in [-0.4, -0.2) is 41.5 Å². The summed E-state index contributed by atoms with van der Waals surface area (Å²) in [6.07, 6.45) is 1.71. The van der Waals surface area contributed by atoms with E-state index in [1.54, 1.807) is 35.9 Å². The Morgan fingerprint density at radius 3 is 2.56 bits per heavy atom. The fourth-order valence-electron chi connectivity index (χ4n) is 2.95. The standard InChI is InChI=1S/C20H22N4O3/c1-13-10-14(2)12-15(11-13)22-20(26)18-23-17(19(25)21-7-9-27-3)16-6-4-5-8-24(16)18/h4-6,8,10-12H,7,9H2,1-3H3,(H,21,25)(H,22,26). The minimum absolute atomic E-state index is 0.154. The zero-order chi connectivity index (χ0) is 19.4. The van der Waals surface area contributed by atoms with Crippen molar-refractivity contribution in [3.8, 4) is 0 Å². The van der Waals surface area contributed by atoms with Crippen LogP contribution in [0.25, 0.3) is 5.52 Å². The molecular formula is C20H22N4O3. The van der Waals surface area contributed by atoms with Crippen LogP contribution in [0.4, 0.5) is 5.69 Å². The molecular weight excluding hydrogens is 344 g/mol. The van der Waals surface area contributed by atoms with Crippen molar-refractivity contribution in [2.45, 2.75) is 13.8 Å². The highest BCUT2D eigenvalue weighted by molar-refractivity contribution is 6.06. The lowest BCUT2D eigenvalue weighted by Gasteiger charge is -2.07. The van der Waals surface area contributed by atoms with Crippen molar-refractivity contribution in [2.24, 2.45) is 0 Å². The van der Waals surface area contributed by atoms with Crippen LogP contribution in [0, 0.1) is 13.8 Å². The minimum Gasteiger partial charge on any atom is -0.383 e. The number of carbonyl (C=O) groups excluding carboxylic acids is 2. The number of benzene rings is 1. The van der Waals surface area contributed by atoms with Gasteiger partial charge < -0.3 is 15.4 Å². The average molecular weight is 366 g/mol. The Hall–Kier alpha value is -3.19. The third-order valence-electron chi connectivity index (χ3n) is 4.04. The van der Waals surface area contributed by atoms with E-state index >= 15 is 0 Å². The Kier molecular flexibility index (Phi) is 5.52. The topological polar surface area (TPSA) is 84.7 Å². The molecule has 0 spiro atoms. The summed E-state index contributed by atoms with van der Waals surface area (Å²) in [4.78, 5) is 29.6. The number of imidazole rings is 1. The van der Waals surface area contributed by atoms with Crippen LogP contribution < -0.4 is 10.6 Å². The molecule has 0 saturated carbocycles. The number of methoxy groups -OCH3 is 1. The van der Waals surface area contributed by atoms with E-state index in [0.717, 1.165) is 11.1 Å². The van der Waals surface area contributed by atoms with Crippen molar-refractivity contribution in [3.05, 3.63) is 65.2 Å². The molecule has 2 aromatic heterocycles. The number of nitrogens with zero attached hydrogens (tertiary/aromatic N) is 2. The summed E-state index contributed by atoms with van der Waals surface area (Å²) < 4.78 is 6.55. The quantitative estimate of drug-likeness (QED) is 0.657. The molecule has 2 N–H and O–H groups in total. The molecule has 0 fully saturated rings. The van der Waals surface area contributed by atoms with Gasteiger partial charge in [0.2, 0.25) is 5.82 Å². The second kappa shape index (κ2) is 8.01. The van der Waals surface area contributed by atoms with Gasteiger partial charge in [0.1, 0.15) is 0 Å². The lowest BCUT2D eigenvalue weighted by molar-refractivity contribution is 0.0934. The van der Waals surface area contributed by atoms with E-state index in [4.69, 9.17) is 4.74 Å². The van der Waals surface area contributed by atoms with E-state index in [-0.39, 0.29) is 23.3 Å². The third kappa shape index (κ3) is 4.15. The maximum Gasteiger partial charge on any atom is 0.292 e. The van der Waals surface area contributed by atoms with Crippen LogP contribution in [0.3, 0.4) is 0 Å². The normalized spacial score (nSPS) is 10.8. The van der Waals surface area contributed by atoms with Gasteiger partial charge in [0.15, 0.2) is 5.69 Å². The van der Waals surface area contributed by atoms with Crippen LogP contribution in [0.2, 0.25) is 0 Å². The molecule has 0 aliphatic rings. The highest BCUT2D eigenvalue weighted by Gasteiger charge is 2.21. The number of hydrogen-bond acceptors (Lipinski definition) is 4. The summed E-state index contributed by atoms with van der Waals surface area (Å²) in [5, 5.41) is 5.60. The lowest BCUT2D eigenvalue weighted by atomic mass is 10.1. The van der Waals surface area contributed by atoms with Gasteiger partial charge in [-0.05, 0) is 49.2 Å². The number of amides is 2. The largest absolute Gasteiger partial charge is 0.383 e. The van der Waals surface area contributed by atoms with Crippen LogP contribution in [0.5, 0.6) is 0 Å². The number of nitrogens with one attached hydrogen (secondary N) is 2. The zero-order valence-corrected chi connectivity index (χ0v) is 15.6. The Balaban J connectivity index is 1.92. The van der Waals surface area contributed by atoms with Gasteiger partial charge in [-0.2, -0.15) is 0 Å². The van der Waals surface area contributed by atoms with Crippen LogP contribution in [-0.2, 0) is 4.74 Å². The van der Waals surface area contributed by atoms with Gasteiger partial charge in [-0.15, -0.1) is 0 Å². The molecule has 3 aromatic rings. The molecule has 27 heavy (non-hydrogen) atoms. The number of aromatic nitrogens is 2. The van der Waals surface area contributed by atoms with Gasteiger partial charge in [0, 0.05) is 25.5 Å². The van der Waals surface area contributed by atoms with Crippen molar-refractivity contribution in [1.29, 1.82) is 0 Å². The fourth-order valence-corrected chi connectivity index (χ4v) is 2.95. The van der Waals surface area contributed by atoms with E-state index in [9.17, 15) is 9.59 Å². The number of aryl methyl sites for hydroxylation is 2. The SMILES string of the molecule is COCCNC(=O)c1nc(C(=O)Nc2cc(C)cc(C)c2)n2ccccc12. The van der Waals surface area contributed by atoms with Crippen molar-refractivity contribution in [3.63, 3.8) is 0 Å². The van der Waals surface area contributed by atoms with Gasteiger partial charge in [0.25, 0.3) is 11.8 Å². The molecule has 2 amide bonds. The molecule has 0 aliphatic heterocycles. The Labute approximate surface area is 157 Å². The summed E-state index contributed by atoms with van der Waals surface area (Å²) in [7, 11) is 1.56. The van der Waals surface area contributed by atoms with Crippen molar-refractivity contribution in [1.82, 2.24) is 14.7 Å². The molecule has 0 saturated heterocycles. The Morgan fingerprint density at radius 1 is 1.11 bits per heavy atom. The molecule has 140 valence electrons. The van der Waals surface area contributed by atoms with Crippen LogP contribution in [0.1, 0.15) is 32.2 Å². The van der Waals surface area contributed by atoms with Crippen LogP contribution in [0.15, 0.2) is 42.6 Å². The van der Waals surface area contributed by atoms with Gasteiger partial charge in [-0.3, -0.25) is 14.0 Å². The summed E-state index contributed by atoms with van der Waals surface area (Å²) in [5.74, 6) is -0.569. The maximum absolute atomic E-state index is 12.8. The number of ether oxygens (including phenoxy) is 1. The molecule has 2 heterocycles. The first-order valence-corrected chi connectivity index (χ1v) is 8.63. The van der Waals surface area contributed by atoms with Crippen LogP contribution >= 0.6 is 0 Å².